The van der Waals surface area contributed by atoms with Crippen molar-refractivity contribution in [2.24, 2.45) is 5.92 Å². The van der Waals surface area contributed by atoms with Crippen LogP contribution in [0.2, 0.25) is 0 Å². The minimum atomic E-state index is -0.301. The van der Waals surface area contributed by atoms with Gasteiger partial charge in [-0.05, 0) is 61.7 Å². The SMILES string of the molecule is CN1CCN(C(=O)C2=C(c3ccc(F)cc3)c3cc(OCC4CC4)ccc3OC2)CC1. The summed E-state index contributed by atoms with van der Waals surface area (Å²) in [7, 11) is 2.06. The molecule has 162 valence electrons. The second-order valence-electron chi connectivity index (χ2n) is 8.66. The zero-order chi connectivity index (χ0) is 21.4. The Bertz CT molecular complexity index is 1010. The van der Waals surface area contributed by atoms with Gasteiger partial charge in [-0.25, -0.2) is 4.39 Å². The first-order valence-corrected chi connectivity index (χ1v) is 11.0. The van der Waals surface area contributed by atoms with E-state index in [1.165, 1.54) is 25.0 Å². The highest BCUT2D eigenvalue weighted by Gasteiger charge is 2.31. The molecule has 5 rings (SSSR count). The van der Waals surface area contributed by atoms with Gasteiger partial charge in [0.15, 0.2) is 0 Å². The van der Waals surface area contributed by atoms with Crippen LogP contribution in [0.1, 0.15) is 24.0 Å². The van der Waals surface area contributed by atoms with Gasteiger partial charge in [0.05, 0.1) is 12.2 Å². The molecule has 1 aliphatic carbocycles. The quantitative estimate of drug-likeness (QED) is 0.739. The molecule has 0 atom stereocenters. The van der Waals surface area contributed by atoms with E-state index in [9.17, 15) is 9.18 Å². The van der Waals surface area contributed by atoms with Gasteiger partial charge in [0.1, 0.15) is 23.9 Å². The number of benzene rings is 2. The lowest BCUT2D eigenvalue weighted by molar-refractivity contribution is -0.129. The van der Waals surface area contributed by atoms with Gasteiger partial charge in [0.25, 0.3) is 5.91 Å². The molecule has 2 aromatic carbocycles. The number of piperazine rings is 1. The average molecular weight is 423 g/mol. The van der Waals surface area contributed by atoms with Crippen molar-refractivity contribution in [3.8, 4) is 11.5 Å². The Morgan fingerprint density at radius 2 is 1.84 bits per heavy atom. The molecule has 1 amide bonds. The van der Waals surface area contributed by atoms with Crippen LogP contribution in [0.4, 0.5) is 4.39 Å². The highest BCUT2D eigenvalue weighted by Crippen LogP contribution is 2.40. The van der Waals surface area contributed by atoms with Crippen molar-refractivity contribution in [2.75, 3.05) is 46.4 Å². The Kier molecular flexibility index (Phi) is 5.40. The summed E-state index contributed by atoms with van der Waals surface area (Å²) in [4.78, 5) is 17.6. The summed E-state index contributed by atoms with van der Waals surface area (Å²) < 4.78 is 25.6. The lowest BCUT2D eigenvalue weighted by Gasteiger charge is -2.34. The number of halogens is 1. The van der Waals surface area contributed by atoms with Crippen LogP contribution in [0.15, 0.2) is 48.0 Å². The molecule has 2 aromatic rings. The van der Waals surface area contributed by atoms with Crippen molar-refractivity contribution in [3.05, 3.63) is 65.0 Å². The van der Waals surface area contributed by atoms with Crippen molar-refractivity contribution in [1.82, 2.24) is 9.80 Å². The minimum Gasteiger partial charge on any atom is -0.493 e. The molecule has 2 fully saturated rings. The molecule has 1 saturated carbocycles. The summed E-state index contributed by atoms with van der Waals surface area (Å²) in [6.45, 7) is 3.98. The second-order valence-corrected chi connectivity index (χ2v) is 8.66. The molecule has 0 N–H and O–H groups in total. The fourth-order valence-electron chi connectivity index (χ4n) is 4.12. The van der Waals surface area contributed by atoms with E-state index in [1.54, 1.807) is 12.1 Å². The van der Waals surface area contributed by atoms with E-state index in [4.69, 9.17) is 9.47 Å². The Labute approximate surface area is 182 Å². The lowest BCUT2D eigenvalue weighted by Crippen LogP contribution is -2.48. The predicted octanol–water partition coefficient (Wildman–Crippen LogP) is 3.58. The number of likely N-dealkylation sites (N-methyl/N-ethyl adjacent to an activating group) is 1. The number of nitrogens with zero attached hydrogens (tertiary/aromatic N) is 2. The van der Waals surface area contributed by atoms with E-state index in [0.29, 0.717) is 36.9 Å². The summed E-state index contributed by atoms with van der Waals surface area (Å²) in [6, 6.07) is 12.1. The molecule has 1 saturated heterocycles. The number of carbonyl (C=O) groups is 1. The molecule has 3 aliphatic rings. The Morgan fingerprint density at radius 3 is 2.55 bits per heavy atom. The number of rotatable bonds is 5. The lowest BCUT2D eigenvalue weighted by atomic mass is 9.90. The van der Waals surface area contributed by atoms with Gasteiger partial charge in [-0.1, -0.05) is 12.1 Å². The Balaban J connectivity index is 1.55. The molecule has 0 radical (unpaired) electrons. The highest BCUT2D eigenvalue weighted by molar-refractivity contribution is 6.06. The van der Waals surface area contributed by atoms with Gasteiger partial charge >= 0.3 is 0 Å². The molecule has 31 heavy (non-hydrogen) atoms. The van der Waals surface area contributed by atoms with Crippen LogP contribution < -0.4 is 9.47 Å². The fourth-order valence-corrected chi connectivity index (χ4v) is 4.12. The maximum atomic E-state index is 13.6. The topological polar surface area (TPSA) is 42.0 Å². The second kappa shape index (κ2) is 8.35. The van der Waals surface area contributed by atoms with Gasteiger partial charge in [-0.2, -0.15) is 0 Å². The Morgan fingerprint density at radius 1 is 1.10 bits per heavy atom. The van der Waals surface area contributed by atoms with E-state index in [2.05, 4.69) is 11.9 Å². The number of ether oxygens (including phenoxy) is 2. The van der Waals surface area contributed by atoms with Crippen molar-refractivity contribution in [1.29, 1.82) is 0 Å². The van der Waals surface area contributed by atoms with Gasteiger partial charge < -0.3 is 19.3 Å². The third-order valence-electron chi connectivity index (χ3n) is 6.26. The van der Waals surface area contributed by atoms with Crippen LogP contribution in [0.25, 0.3) is 5.57 Å². The zero-order valence-corrected chi connectivity index (χ0v) is 17.8. The average Bonchev–Trinajstić information content (AvgIpc) is 3.62. The van der Waals surface area contributed by atoms with Crippen molar-refractivity contribution < 1.29 is 18.7 Å². The number of carbonyl (C=O) groups excluding carboxylic acids is 1. The molecule has 6 heteroatoms. The van der Waals surface area contributed by atoms with E-state index < -0.39 is 0 Å². The summed E-state index contributed by atoms with van der Waals surface area (Å²) >= 11 is 0. The molecule has 2 heterocycles. The first kappa shape index (κ1) is 20.1. The fraction of sp³-hybridized carbons (Fsp3) is 0.400. The van der Waals surface area contributed by atoms with E-state index >= 15 is 0 Å². The highest BCUT2D eigenvalue weighted by atomic mass is 19.1. The maximum Gasteiger partial charge on any atom is 0.253 e. The van der Waals surface area contributed by atoms with E-state index in [0.717, 1.165) is 35.5 Å². The first-order valence-electron chi connectivity index (χ1n) is 11.0. The molecular formula is C25H27FN2O3. The van der Waals surface area contributed by atoms with Crippen molar-refractivity contribution in [2.45, 2.75) is 12.8 Å². The van der Waals surface area contributed by atoms with Crippen LogP contribution in [0.3, 0.4) is 0 Å². The third-order valence-corrected chi connectivity index (χ3v) is 6.26. The molecule has 5 nitrogen and oxygen atoms in total. The summed E-state index contributed by atoms with van der Waals surface area (Å²) in [5.74, 6) is 1.82. The number of amides is 1. The largest absolute Gasteiger partial charge is 0.493 e. The van der Waals surface area contributed by atoms with Gasteiger partial charge in [0, 0.05) is 37.3 Å². The van der Waals surface area contributed by atoms with Crippen LogP contribution in [-0.2, 0) is 4.79 Å². The van der Waals surface area contributed by atoms with Crippen LogP contribution >= 0.6 is 0 Å². The first-order chi connectivity index (χ1) is 15.1. The molecule has 0 aromatic heterocycles. The summed E-state index contributed by atoms with van der Waals surface area (Å²) in [6.07, 6.45) is 2.44. The van der Waals surface area contributed by atoms with Crippen molar-refractivity contribution >= 4 is 11.5 Å². The Hall–Kier alpha value is -2.86. The zero-order valence-electron chi connectivity index (χ0n) is 17.8. The summed E-state index contributed by atoms with van der Waals surface area (Å²) in [5, 5.41) is 0. The van der Waals surface area contributed by atoms with Crippen LogP contribution in [-0.4, -0.2) is 62.1 Å². The minimum absolute atomic E-state index is 0.0117. The number of fused-ring (bicyclic) bond motifs is 1. The normalized spacial score (nSPS) is 19.1. The van der Waals surface area contributed by atoms with E-state index in [1.807, 2.05) is 23.1 Å². The monoisotopic (exact) mass is 422 g/mol. The molecule has 2 aliphatic heterocycles. The molecule has 0 unspecified atom stereocenters. The standard InChI is InChI=1S/C25H27FN2O3/c1-27-10-12-28(13-11-27)25(29)22-16-31-23-9-8-20(30-15-17-2-3-17)14-21(23)24(22)18-4-6-19(26)7-5-18/h4-9,14,17H,2-3,10-13,15-16H2,1H3. The molecule has 0 bridgehead atoms. The third kappa shape index (κ3) is 4.30. The van der Waals surface area contributed by atoms with Gasteiger partial charge in [-0.15, -0.1) is 0 Å². The predicted molar refractivity (Wildman–Crippen MR) is 117 cm³/mol. The van der Waals surface area contributed by atoms with Gasteiger partial charge in [0.2, 0.25) is 0 Å². The van der Waals surface area contributed by atoms with E-state index in [-0.39, 0.29) is 18.3 Å². The molecule has 0 spiro atoms. The number of hydrogen-bond donors (Lipinski definition) is 0. The van der Waals surface area contributed by atoms with Crippen molar-refractivity contribution in [3.63, 3.8) is 0 Å². The summed E-state index contributed by atoms with van der Waals surface area (Å²) in [5.41, 5.74) is 3.05. The number of hydrogen-bond acceptors (Lipinski definition) is 4. The smallest absolute Gasteiger partial charge is 0.253 e. The maximum absolute atomic E-state index is 13.6. The van der Waals surface area contributed by atoms with Crippen LogP contribution in [0, 0.1) is 11.7 Å². The van der Waals surface area contributed by atoms with Crippen LogP contribution in [0.5, 0.6) is 11.5 Å². The molecular weight excluding hydrogens is 395 g/mol. The van der Waals surface area contributed by atoms with Gasteiger partial charge in [-0.3, -0.25) is 4.79 Å².